The fourth-order valence-corrected chi connectivity index (χ4v) is 2.54. The Labute approximate surface area is 143 Å². The lowest BCUT2D eigenvalue weighted by molar-refractivity contribution is -0.120. The molecular formula is C19H25NO4. The lowest BCUT2D eigenvalue weighted by Gasteiger charge is -2.18. The van der Waals surface area contributed by atoms with Crippen LogP contribution in [0.15, 0.2) is 30.5 Å². The van der Waals surface area contributed by atoms with Gasteiger partial charge in [0.2, 0.25) is 11.7 Å². The lowest BCUT2D eigenvalue weighted by atomic mass is 10.1. The summed E-state index contributed by atoms with van der Waals surface area (Å²) in [5.74, 6) is 0.690. The van der Waals surface area contributed by atoms with Gasteiger partial charge in [0.05, 0.1) is 5.70 Å². The van der Waals surface area contributed by atoms with Gasteiger partial charge in [0.25, 0.3) is 0 Å². The van der Waals surface area contributed by atoms with Crippen LogP contribution in [0.2, 0.25) is 0 Å². The van der Waals surface area contributed by atoms with Crippen molar-refractivity contribution in [3.05, 3.63) is 36.0 Å². The maximum Gasteiger partial charge on any atom is 0.224 e. The van der Waals surface area contributed by atoms with E-state index in [1.54, 1.807) is 18.2 Å². The second-order valence-electron chi connectivity index (χ2n) is 5.88. The largest absolute Gasteiger partial charge is 0.486 e. The number of carbonyl (C=O) groups is 2. The summed E-state index contributed by atoms with van der Waals surface area (Å²) >= 11 is 0. The second kappa shape index (κ2) is 9.11. The monoisotopic (exact) mass is 331 g/mol. The van der Waals surface area contributed by atoms with Crippen LogP contribution in [0.1, 0.15) is 55.8 Å². The molecule has 1 aromatic rings. The molecule has 0 atom stereocenters. The van der Waals surface area contributed by atoms with Gasteiger partial charge in [0.1, 0.15) is 13.2 Å². The lowest BCUT2D eigenvalue weighted by Crippen LogP contribution is -2.26. The summed E-state index contributed by atoms with van der Waals surface area (Å²) in [4.78, 5) is 24.3. The standard InChI is InChI=1S/C19H25NO4/c1-3-4-5-6-7-8-18(21)20-14(2)19(22)15-9-10-16-17(13-15)24-12-11-23-16/h9-10,13H,2-8,11-12H2,1H3,(H,20,21). The molecule has 0 fully saturated rings. The van der Waals surface area contributed by atoms with Gasteiger partial charge in [-0.05, 0) is 24.6 Å². The Morgan fingerprint density at radius 2 is 1.79 bits per heavy atom. The molecule has 1 aromatic carbocycles. The Morgan fingerprint density at radius 1 is 1.08 bits per heavy atom. The molecule has 1 aliphatic rings. The van der Waals surface area contributed by atoms with Gasteiger partial charge in [0, 0.05) is 12.0 Å². The van der Waals surface area contributed by atoms with E-state index in [-0.39, 0.29) is 17.4 Å². The molecule has 24 heavy (non-hydrogen) atoms. The summed E-state index contributed by atoms with van der Waals surface area (Å²) in [6.45, 7) is 6.80. The highest BCUT2D eigenvalue weighted by Gasteiger charge is 2.17. The van der Waals surface area contributed by atoms with Crippen LogP contribution in [0.5, 0.6) is 11.5 Å². The number of hydrogen-bond acceptors (Lipinski definition) is 4. The number of Topliss-reactive ketones (excluding diaryl/α,β-unsaturated/α-hetero) is 1. The van der Waals surface area contributed by atoms with Crippen LogP contribution in [0.25, 0.3) is 0 Å². The van der Waals surface area contributed by atoms with Crippen molar-refractivity contribution in [2.24, 2.45) is 0 Å². The molecule has 0 bridgehead atoms. The number of rotatable bonds is 9. The number of allylic oxidation sites excluding steroid dienone is 1. The minimum Gasteiger partial charge on any atom is -0.486 e. The third-order valence-corrected chi connectivity index (χ3v) is 3.88. The summed E-state index contributed by atoms with van der Waals surface area (Å²) in [6.07, 6.45) is 5.78. The second-order valence-corrected chi connectivity index (χ2v) is 5.88. The molecule has 0 saturated carbocycles. The topological polar surface area (TPSA) is 64.6 Å². The fraction of sp³-hybridized carbons (Fsp3) is 0.474. The molecule has 0 unspecified atom stereocenters. The van der Waals surface area contributed by atoms with Gasteiger partial charge in [-0.25, -0.2) is 0 Å². The quantitative estimate of drug-likeness (QED) is 0.426. The van der Waals surface area contributed by atoms with E-state index in [1.165, 1.54) is 12.8 Å². The smallest absolute Gasteiger partial charge is 0.224 e. The number of hydrogen-bond donors (Lipinski definition) is 1. The van der Waals surface area contributed by atoms with E-state index in [1.807, 2.05) is 0 Å². The predicted molar refractivity (Wildman–Crippen MR) is 92.4 cm³/mol. The Morgan fingerprint density at radius 3 is 2.54 bits per heavy atom. The van der Waals surface area contributed by atoms with Gasteiger partial charge in [-0.1, -0.05) is 39.2 Å². The van der Waals surface area contributed by atoms with Crippen LogP contribution in [0, 0.1) is 0 Å². The molecule has 0 aliphatic carbocycles. The molecule has 1 N–H and O–H groups in total. The van der Waals surface area contributed by atoms with Crippen molar-refractivity contribution in [1.82, 2.24) is 5.32 Å². The maximum absolute atomic E-state index is 12.4. The van der Waals surface area contributed by atoms with Gasteiger partial charge >= 0.3 is 0 Å². The molecule has 0 radical (unpaired) electrons. The number of ketones is 1. The van der Waals surface area contributed by atoms with Crippen LogP contribution < -0.4 is 14.8 Å². The summed E-state index contributed by atoms with van der Waals surface area (Å²) < 4.78 is 10.9. The van der Waals surface area contributed by atoms with E-state index in [0.717, 1.165) is 19.3 Å². The molecule has 0 spiro atoms. The van der Waals surface area contributed by atoms with Gasteiger partial charge in [-0.15, -0.1) is 0 Å². The van der Waals surface area contributed by atoms with Crippen molar-refractivity contribution in [2.75, 3.05) is 13.2 Å². The normalized spacial score (nSPS) is 12.5. The number of nitrogens with one attached hydrogen (secondary N) is 1. The minimum absolute atomic E-state index is 0.0882. The summed E-state index contributed by atoms with van der Waals surface area (Å²) in [7, 11) is 0. The van der Waals surface area contributed by atoms with Crippen molar-refractivity contribution in [1.29, 1.82) is 0 Å². The zero-order valence-corrected chi connectivity index (χ0v) is 14.2. The highest BCUT2D eigenvalue weighted by Crippen LogP contribution is 2.31. The third kappa shape index (κ3) is 5.11. The molecule has 1 aliphatic heterocycles. The maximum atomic E-state index is 12.4. The Hall–Kier alpha value is -2.30. The zero-order chi connectivity index (χ0) is 17.4. The van der Waals surface area contributed by atoms with Crippen molar-refractivity contribution in [2.45, 2.75) is 45.4 Å². The molecule has 0 aromatic heterocycles. The van der Waals surface area contributed by atoms with Gasteiger partial charge in [-0.3, -0.25) is 9.59 Å². The average molecular weight is 331 g/mol. The van der Waals surface area contributed by atoms with Crippen molar-refractivity contribution >= 4 is 11.7 Å². The molecule has 1 heterocycles. The van der Waals surface area contributed by atoms with E-state index in [4.69, 9.17) is 9.47 Å². The fourth-order valence-electron chi connectivity index (χ4n) is 2.54. The highest BCUT2D eigenvalue weighted by atomic mass is 16.6. The molecule has 130 valence electrons. The van der Waals surface area contributed by atoms with Crippen LogP contribution in [0.4, 0.5) is 0 Å². The first-order valence-corrected chi connectivity index (χ1v) is 8.55. The van der Waals surface area contributed by atoms with Gasteiger partial charge in [-0.2, -0.15) is 0 Å². The molecular weight excluding hydrogens is 306 g/mol. The van der Waals surface area contributed by atoms with Crippen LogP contribution >= 0.6 is 0 Å². The number of carbonyl (C=O) groups excluding carboxylic acids is 2. The number of amides is 1. The number of benzene rings is 1. The first kappa shape index (κ1) is 18.0. The first-order chi connectivity index (χ1) is 11.6. The Kier molecular flexibility index (Phi) is 6.85. The minimum atomic E-state index is -0.314. The predicted octanol–water partition coefficient (Wildman–Crippen LogP) is 3.63. The van der Waals surface area contributed by atoms with E-state index in [0.29, 0.717) is 36.7 Å². The Balaban J connectivity index is 1.83. The molecule has 0 saturated heterocycles. The third-order valence-electron chi connectivity index (χ3n) is 3.88. The van der Waals surface area contributed by atoms with Crippen LogP contribution in [0.3, 0.4) is 0 Å². The molecule has 2 rings (SSSR count). The molecule has 5 heteroatoms. The number of fused-ring (bicyclic) bond motifs is 1. The molecule has 1 amide bonds. The van der Waals surface area contributed by atoms with Crippen molar-refractivity contribution in [3.8, 4) is 11.5 Å². The van der Waals surface area contributed by atoms with Gasteiger partial charge in [0.15, 0.2) is 11.5 Å². The van der Waals surface area contributed by atoms with E-state index in [9.17, 15) is 9.59 Å². The van der Waals surface area contributed by atoms with Gasteiger partial charge < -0.3 is 14.8 Å². The van der Waals surface area contributed by atoms with E-state index >= 15 is 0 Å². The number of ether oxygens (including phenoxy) is 2. The summed E-state index contributed by atoms with van der Waals surface area (Å²) in [5.41, 5.74) is 0.512. The number of unbranched alkanes of at least 4 members (excludes halogenated alkanes) is 4. The Bertz CT molecular complexity index is 609. The van der Waals surface area contributed by atoms with E-state index < -0.39 is 0 Å². The molecule has 5 nitrogen and oxygen atoms in total. The van der Waals surface area contributed by atoms with Crippen molar-refractivity contribution in [3.63, 3.8) is 0 Å². The summed E-state index contributed by atoms with van der Waals surface area (Å²) in [6, 6.07) is 4.97. The van der Waals surface area contributed by atoms with E-state index in [2.05, 4.69) is 18.8 Å². The first-order valence-electron chi connectivity index (χ1n) is 8.55. The van der Waals surface area contributed by atoms with Crippen LogP contribution in [-0.2, 0) is 4.79 Å². The summed E-state index contributed by atoms with van der Waals surface area (Å²) in [5, 5.41) is 2.59. The van der Waals surface area contributed by atoms with Crippen molar-refractivity contribution < 1.29 is 19.1 Å². The average Bonchev–Trinajstić information content (AvgIpc) is 2.60. The highest BCUT2D eigenvalue weighted by molar-refractivity contribution is 6.10. The van der Waals surface area contributed by atoms with Crippen LogP contribution in [-0.4, -0.2) is 24.9 Å². The zero-order valence-electron chi connectivity index (χ0n) is 14.2. The SMILES string of the molecule is C=C(NC(=O)CCCCCCC)C(=O)c1ccc2c(c1)OCCO2.